The maximum atomic E-state index is 12.3. The third kappa shape index (κ3) is 4.87. The number of amides is 1. The largest absolute Gasteiger partial charge is 0.374 e. The predicted molar refractivity (Wildman–Crippen MR) is 91.7 cm³/mol. The summed E-state index contributed by atoms with van der Waals surface area (Å²) in [6, 6.07) is 5.97. The molecule has 2 fully saturated rings. The molecule has 0 radical (unpaired) electrons. The number of ether oxygens (including phenoxy) is 1. The van der Waals surface area contributed by atoms with Gasteiger partial charge in [-0.25, -0.2) is 0 Å². The lowest BCUT2D eigenvalue weighted by molar-refractivity contribution is -0.125. The fraction of sp³-hybridized carbons (Fsp3) is 0.647. The molecule has 1 aromatic rings. The van der Waals surface area contributed by atoms with Gasteiger partial charge in [0.05, 0.1) is 25.3 Å². The van der Waals surface area contributed by atoms with E-state index in [0.29, 0.717) is 38.6 Å². The number of hydrogen-bond donors (Lipinski definition) is 2. The van der Waals surface area contributed by atoms with E-state index in [0.717, 1.165) is 25.7 Å². The summed E-state index contributed by atoms with van der Waals surface area (Å²) in [4.78, 5) is 14.4. The van der Waals surface area contributed by atoms with Crippen molar-refractivity contribution in [2.24, 2.45) is 0 Å². The second kappa shape index (κ2) is 8.23. The smallest absolute Gasteiger partial charge is 0.235 e. The van der Waals surface area contributed by atoms with Crippen molar-refractivity contribution in [2.45, 2.75) is 37.3 Å². The first-order chi connectivity index (χ1) is 12.2. The van der Waals surface area contributed by atoms with Crippen molar-refractivity contribution in [3.8, 4) is 6.07 Å². The summed E-state index contributed by atoms with van der Waals surface area (Å²) < 4.78 is 5.75. The molecule has 134 valence electrons. The first-order valence-corrected chi connectivity index (χ1v) is 8.77. The minimum atomic E-state index is -0.656. The van der Waals surface area contributed by atoms with Crippen LogP contribution in [0.4, 0.5) is 5.82 Å². The van der Waals surface area contributed by atoms with Crippen LogP contribution in [0.15, 0.2) is 18.3 Å². The molecular weight excluding hydrogens is 320 g/mol. The highest BCUT2D eigenvalue weighted by molar-refractivity contribution is 5.79. The normalized spacial score (nSPS) is 22.9. The first kappa shape index (κ1) is 17.6. The highest BCUT2D eigenvalue weighted by atomic mass is 16.5. The van der Waals surface area contributed by atoms with Crippen molar-refractivity contribution in [2.75, 3.05) is 38.1 Å². The summed E-state index contributed by atoms with van der Waals surface area (Å²) in [7, 11) is 0. The Kier molecular flexibility index (Phi) is 5.79. The maximum absolute atomic E-state index is 12.3. The van der Waals surface area contributed by atoms with E-state index >= 15 is 0 Å². The molecule has 3 rings (SSSR count). The quantitative estimate of drug-likeness (QED) is 0.776. The number of rotatable bonds is 6. The zero-order valence-corrected chi connectivity index (χ0v) is 14.3. The van der Waals surface area contributed by atoms with Crippen LogP contribution in [-0.2, 0) is 9.53 Å². The zero-order chi connectivity index (χ0) is 17.5. The van der Waals surface area contributed by atoms with Gasteiger partial charge in [-0.05, 0) is 37.8 Å². The number of nitrogens with zero attached hydrogens (tertiary/aromatic N) is 4. The van der Waals surface area contributed by atoms with E-state index in [1.54, 1.807) is 6.20 Å². The molecule has 2 aliphatic rings. The van der Waals surface area contributed by atoms with Crippen LogP contribution in [-0.4, -0.2) is 65.4 Å². The molecule has 0 spiro atoms. The lowest BCUT2D eigenvalue weighted by Crippen LogP contribution is -2.52. The highest BCUT2D eigenvalue weighted by Gasteiger charge is 2.35. The van der Waals surface area contributed by atoms with Gasteiger partial charge in [-0.3, -0.25) is 9.69 Å². The molecule has 25 heavy (non-hydrogen) atoms. The van der Waals surface area contributed by atoms with E-state index in [9.17, 15) is 10.1 Å². The van der Waals surface area contributed by atoms with Gasteiger partial charge in [-0.15, -0.1) is 5.10 Å². The summed E-state index contributed by atoms with van der Waals surface area (Å²) in [5.74, 6) is 0.629. The topological polar surface area (TPSA) is 103 Å². The van der Waals surface area contributed by atoms with E-state index in [-0.39, 0.29) is 12.0 Å². The monoisotopic (exact) mass is 344 g/mol. The summed E-state index contributed by atoms with van der Waals surface area (Å²) in [5.41, 5.74) is -0.656. The van der Waals surface area contributed by atoms with Crippen LogP contribution in [0.1, 0.15) is 25.7 Å². The molecule has 8 nitrogen and oxygen atoms in total. The standard InChI is InChI=1S/C17H24N6O2/c18-13-17(5-1-2-6-17)21-16(24)12-23-8-9-25-14(11-23)10-19-15-4-3-7-20-22-15/h3-4,7,14H,1-2,5-6,8-12H2,(H,19,22)(H,21,24). The fourth-order valence-corrected chi connectivity index (χ4v) is 3.41. The second-order valence-electron chi connectivity index (χ2n) is 6.67. The van der Waals surface area contributed by atoms with E-state index < -0.39 is 5.54 Å². The Morgan fingerprint density at radius 2 is 2.32 bits per heavy atom. The van der Waals surface area contributed by atoms with Crippen molar-refractivity contribution in [1.82, 2.24) is 20.4 Å². The van der Waals surface area contributed by atoms with Gasteiger partial charge in [0.1, 0.15) is 11.4 Å². The summed E-state index contributed by atoms with van der Waals surface area (Å²) in [6.45, 7) is 2.88. The van der Waals surface area contributed by atoms with Gasteiger partial charge in [0.2, 0.25) is 5.91 Å². The zero-order valence-electron chi connectivity index (χ0n) is 14.3. The van der Waals surface area contributed by atoms with E-state index in [4.69, 9.17) is 4.74 Å². The van der Waals surface area contributed by atoms with E-state index in [2.05, 4.69) is 31.8 Å². The average molecular weight is 344 g/mol. The number of hydrogen-bond acceptors (Lipinski definition) is 7. The number of carbonyl (C=O) groups is 1. The van der Waals surface area contributed by atoms with E-state index in [1.165, 1.54) is 0 Å². The lowest BCUT2D eigenvalue weighted by atomic mass is 10.00. The van der Waals surface area contributed by atoms with Crippen LogP contribution in [0, 0.1) is 11.3 Å². The Morgan fingerprint density at radius 3 is 3.04 bits per heavy atom. The van der Waals surface area contributed by atoms with Gasteiger partial charge in [0, 0.05) is 25.8 Å². The van der Waals surface area contributed by atoms with E-state index in [1.807, 2.05) is 12.1 Å². The number of anilines is 1. The second-order valence-corrected chi connectivity index (χ2v) is 6.67. The molecule has 0 aromatic carbocycles. The van der Waals surface area contributed by atoms with Crippen LogP contribution in [0.3, 0.4) is 0 Å². The number of nitrogens with one attached hydrogen (secondary N) is 2. The van der Waals surface area contributed by atoms with Crippen LogP contribution in [0.25, 0.3) is 0 Å². The van der Waals surface area contributed by atoms with Crippen LogP contribution in [0.5, 0.6) is 0 Å². The Bertz CT molecular complexity index is 611. The van der Waals surface area contributed by atoms with Gasteiger partial charge in [-0.1, -0.05) is 0 Å². The minimum Gasteiger partial charge on any atom is -0.374 e. The minimum absolute atomic E-state index is 0.0139. The Balaban J connectivity index is 1.45. The Labute approximate surface area is 147 Å². The number of morpholine rings is 1. The van der Waals surface area contributed by atoms with Crippen molar-refractivity contribution < 1.29 is 9.53 Å². The third-order valence-electron chi connectivity index (χ3n) is 4.72. The lowest BCUT2D eigenvalue weighted by Gasteiger charge is -2.33. The molecule has 1 atom stereocenters. The molecule has 2 N–H and O–H groups in total. The van der Waals surface area contributed by atoms with Crippen molar-refractivity contribution in [3.05, 3.63) is 18.3 Å². The van der Waals surface area contributed by atoms with Gasteiger partial charge >= 0.3 is 0 Å². The van der Waals surface area contributed by atoms with Gasteiger partial charge in [-0.2, -0.15) is 10.4 Å². The Hall–Kier alpha value is -2.24. The van der Waals surface area contributed by atoms with Crippen molar-refractivity contribution >= 4 is 11.7 Å². The number of nitriles is 1. The molecule has 0 bridgehead atoms. The summed E-state index contributed by atoms with van der Waals surface area (Å²) in [5, 5.41) is 23.3. The number of aromatic nitrogens is 2. The van der Waals surface area contributed by atoms with Gasteiger partial charge in [0.25, 0.3) is 0 Å². The van der Waals surface area contributed by atoms with Crippen molar-refractivity contribution in [1.29, 1.82) is 5.26 Å². The van der Waals surface area contributed by atoms with Gasteiger partial charge in [0.15, 0.2) is 0 Å². The molecule has 1 aliphatic carbocycles. The van der Waals surface area contributed by atoms with Crippen LogP contribution >= 0.6 is 0 Å². The van der Waals surface area contributed by atoms with Gasteiger partial charge < -0.3 is 15.4 Å². The fourth-order valence-electron chi connectivity index (χ4n) is 3.41. The molecule has 1 amide bonds. The first-order valence-electron chi connectivity index (χ1n) is 8.77. The molecule has 8 heteroatoms. The van der Waals surface area contributed by atoms with Crippen molar-refractivity contribution in [3.63, 3.8) is 0 Å². The third-order valence-corrected chi connectivity index (χ3v) is 4.72. The average Bonchev–Trinajstić information content (AvgIpc) is 3.10. The number of carbonyl (C=O) groups excluding carboxylic acids is 1. The highest BCUT2D eigenvalue weighted by Crippen LogP contribution is 2.28. The molecule has 2 heterocycles. The molecule has 1 aliphatic heterocycles. The molecule has 1 saturated heterocycles. The Morgan fingerprint density at radius 1 is 1.48 bits per heavy atom. The molecule has 1 saturated carbocycles. The summed E-state index contributed by atoms with van der Waals surface area (Å²) >= 11 is 0. The maximum Gasteiger partial charge on any atom is 0.235 e. The predicted octanol–water partition coefficient (Wildman–Crippen LogP) is 0.542. The molecular formula is C17H24N6O2. The summed E-state index contributed by atoms with van der Waals surface area (Å²) in [6.07, 6.45) is 5.12. The SMILES string of the molecule is N#CC1(NC(=O)CN2CCOC(CNc3cccnn3)C2)CCCC1. The molecule has 1 unspecified atom stereocenters. The molecule has 1 aromatic heterocycles. The van der Waals surface area contributed by atoms with Crippen LogP contribution in [0.2, 0.25) is 0 Å². The van der Waals surface area contributed by atoms with Crippen LogP contribution < -0.4 is 10.6 Å².